The molecule has 0 unspecified atom stereocenters. The minimum atomic E-state index is -0.574. The number of aromatic nitrogens is 5. The molecular weight excluding hydrogens is 494 g/mol. The molecule has 3 N–H and O–H groups in total. The molecular formula is C20H26ClN11O4. The summed E-state index contributed by atoms with van der Waals surface area (Å²) < 4.78 is 6.04. The van der Waals surface area contributed by atoms with Gasteiger partial charge in [0.1, 0.15) is 0 Å². The van der Waals surface area contributed by atoms with Crippen molar-refractivity contribution in [1.82, 2.24) is 40.5 Å². The summed E-state index contributed by atoms with van der Waals surface area (Å²) in [7, 11) is 0. The van der Waals surface area contributed by atoms with Gasteiger partial charge >= 0.3 is 0 Å². The summed E-state index contributed by atoms with van der Waals surface area (Å²) in [4.78, 5) is 27.9. The number of halogens is 1. The summed E-state index contributed by atoms with van der Waals surface area (Å²) in [6.45, 7) is 8.59. The lowest BCUT2D eigenvalue weighted by Crippen LogP contribution is -2.46. The quantitative estimate of drug-likeness (QED) is 0.244. The Kier molecular flexibility index (Phi) is 8.63. The van der Waals surface area contributed by atoms with Gasteiger partial charge in [0, 0.05) is 44.9 Å². The normalized spacial score (nSPS) is 14.9. The van der Waals surface area contributed by atoms with Crippen LogP contribution in [0.25, 0.3) is 5.82 Å². The topological polar surface area (TPSA) is 187 Å². The molecule has 3 heterocycles. The number of hydrogen-bond acceptors (Lipinski definition) is 12. The number of nitrogen functional groups attached to an aromatic ring is 1. The van der Waals surface area contributed by atoms with Gasteiger partial charge in [-0.3, -0.25) is 19.8 Å². The summed E-state index contributed by atoms with van der Waals surface area (Å²) in [5.41, 5.74) is 9.91. The van der Waals surface area contributed by atoms with Crippen LogP contribution in [-0.4, -0.2) is 84.4 Å². The Morgan fingerprint density at radius 3 is 2.44 bits per heavy atom. The van der Waals surface area contributed by atoms with E-state index in [4.69, 9.17) is 10.4 Å². The number of hydrogen-bond donors (Lipinski definition) is 2. The zero-order valence-corrected chi connectivity index (χ0v) is 20.5. The molecule has 0 bridgehead atoms. The van der Waals surface area contributed by atoms with Gasteiger partial charge in [-0.2, -0.15) is 9.78 Å². The van der Waals surface area contributed by atoms with Gasteiger partial charge < -0.3 is 10.6 Å². The molecule has 2 aromatic heterocycles. The van der Waals surface area contributed by atoms with Crippen LogP contribution in [0.3, 0.4) is 0 Å². The average Bonchev–Trinajstić information content (AvgIpc) is 3.48. The van der Waals surface area contributed by atoms with Gasteiger partial charge in [-0.1, -0.05) is 12.1 Å². The molecule has 0 spiro atoms. The summed E-state index contributed by atoms with van der Waals surface area (Å²) >= 11 is 0. The van der Waals surface area contributed by atoms with E-state index in [0.29, 0.717) is 23.5 Å². The molecule has 1 aliphatic heterocycles. The SMILES string of the molecule is CCN1CCN(Cc2c(C(=O)N/N=C(\C)c3ccc([N+](=O)[O-])cc3)nnn2-c2nonc2N)CC1.Cl. The molecule has 0 aliphatic carbocycles. The number of anilines is 1. The van der Waals surface area contributed by atoms with Crippen LogP contribution >= 0.6 is 12.4 Å². The third-order valence-corrected chi connectivity index (χ3v) is 5.78. The van der Waals surface area contributed by atoms with E-state index in [1.54, 1.807) is 19.1 Å². The first-order valence-corrected chi connectivity index (χ1v) is 10.9. The van der Waals surface area contributed by atoms with Crippen molar-refractivity contribution in [3.05, 3.63) is 51.3 Å². The molecule has 36 heavy (non-hydrogen) atoms. The van der Waals surface area contributed by atoms with Crippen LogP contribution in [0.5, 0.6) is 0 Å². The van der Waals surface area contributed by atoms with Crippen molar-refractivity contribution >= 4 is 35.5 Å². The number of amides is 1. The highest BCUT2D eigenvalue weighted by Gasteiger charge is 2.27. The molecule has 16 heteroatoms. The number of carbonyl (C=O) groups is 1. The zero-order chi connectivity index (χ0) is 24.9. The Bertz CT molecular complexity index is 1230. The van der Waals surface area contributed by atoms with Gasteiger partial charge in [-0.15, -0.1) is 17.5 Å². The Balaban J connectivity index is 0.00000361. The van der Waals surface area contributed by atoms with Gasteiger partial charge in [-0.05, 0) is 41.5 Å². The van der Waals surface area contributed by atoms with Crippen LogP contribution in [0.2, 0.25) is 0 Å². The lowest BCUT2D eigenvalue weighted by Gasteiger charge is -2.33. The van der Waals surface area contributed by atoms with E-state index in [2.05, 4.69) is 47.9 Å². The Labute approximate surface area is 211 Å². The first-order chi connectivity index (χ1) is 16.9. The number of nitrogens with two attached hydrogens (primary N) is 1. The number of piperazine rings is 1. The predicted molar refractivity (Wildman–Crippen MR) is 131 cm³/mol. The molecule has 4 rings (SSSR count). The number of nitrogens with one attached hydrogen (secondary N) is 1. The van der Waals surface area contributed by atoms with Crippen LogP contribution in [-0.2, 0) is 6.54 Å². The van der Waals surface area contributed by atoms with Crippen LogP contribution < -0.4 is 11.2 Å². The molecule has 0 radical (unpaired) electrons. The van der Waals surface area contributed by atoms with Crippen LogP contribution in [0.1, 0.15) is 35.6 Å². The fraction of sp³-hybridized carbons (Fsp3) is 0.400. The molecule has 1 fully saturated rings. The molecule has 1 aromatic carbocycles. The highest BCUT2D eigenvalue weighted by molar-refractivity contribution is 6.00. The smallest absolute Gasteiger partial charge is 0.293 e. The number of nitro benzene ring substituents is 1. The van der Waals surface area contributed by atoms with Gasteiger partial charge in [0.15, 0.2) is 5.69 Å². The highest BCUT2D eigenvalue weighted by atomic mass is 35.5. The van der Waals surface area contributed by atoms with Crippen molar-refractivity contribution < 1.29 is 14.3 Å². The number of nitro groups is 1. The van der Waals surface area contributed by atoms with E-state index in [9.17, 15) is 14.9 Å². The van der Waals surface area contributed by atoms with Crippen molar-refractivity contribution in [3.8, 4) is 5.82 Å². The molecule has 1 saturated heterocycles. The van der Waals surface area contributed by atoms with Gasteiger partial charge in [0.2, 0.25) is 11.6 Å². The van der Waals surface area contributed by atoms with Crippen LogP contribution in [0, 0.1) is 10.1 Å². The molecule has 1 amide bonds. The zero-order valence-electron chi connectivity index (χ0n) is 19.7. The fourth-order valence-corrected chi connectivity index (χ4v) is 3.68. The number of hydrazone groups is 1. The van der Waals surface area contributed by atoms with Gasteiger partial charge in [0.25, 0.3) is 11.6 Å². The van der Waals surface area contributed by atoms with Crippen molar-refractivity contribution in [2.24, 2.45) is 5.10 Å². The number of benzene rings is 1. The minimum Gasteiger partial charge on any atom is -0.378 e. The molecule has 0 atom stereocenters. The Morgan fingerprint density at radius 1 is 1.19 bits per heavy atom. The first-order valence-electron chi connectivity index (χ1n) is 10.9. The first kappa shape index (κ1) is 26.7. The van der Waals surface area contributed by atoms with Gasteiger partial charge in [-0.25, -0.2) is 10.1 Å². The second-order valence-electron chi connectivity index (χ2n) is 7.92. The summed E-state index contributed by atoms with van der Waals surface area (Å²) in [6.07, 6.45) is 0. The molecule has 192 valence electrons. The Morgan fingerprint density at radius 2 is 1.86 bits per heavy atom. The lowest BCUT2D eigenvalue weighted by atomic mass is 10.1. The number of likely N-dealkylation sites (N-methyl/N-ethyl adjacent to an activating group) is 1. The number of rotatable bonds is 8. The average molecular weight is 520 g/mol. The van der Waals surface area contributed by atoms with Crippen molar-refractivity contribution in [3.63, 3.8) is 0 Å². The fourth-order valence-electron chi connectivity index (χ4n) is 3.68. The molecule has 0 saturated carbocycles. The third kappa shape index (κ3) is 5.81. The predicted octanol–water partition coefficient (Wildman–Crippen LogP) is 0.854. The Hall–Kier alpha value is -3.95. The van der Waals surface area contributed by atoms with Gasteiger partial charge in [0.05, 0.1) is 16.3 Å². The van der Waals surface area contributed by atoms with E-state index in [-0.39, 0.29) is 35.4 Å². The van der Waals surface area contributed by atoms with Crippen molar-refractivity contribution in [2.45, 2.75) is 20.4 Å². The monoisotopic (exact) mass is 519 g/mol. The van der Waals surface area contributed by atoms with Crippen LogP contribution in [0.15, 0.2) is 34.0 Å². The number of non-ortho nitro benzene ring substituents is 1. The van der Waals surface area contributed by atoms with E-state index < -0.39 is 10.8 Å². The number of nitrogens with zero attached hydrogens (tertiary/aromatic N) is 9. The maximum atomic E-state index is 13.0. The van der Waals surface area contributed by atoms with Crippen molar-refractivity contribution in [1.29, 1.82) is 0 Å². The lowest BCUT2D eigenvalue weighted by molar-refractivity contribution is -0.384. The van der Waals surface area contributed by atoms with Crippen molar-refractivity contribution in [2.75, 3.05) is 38.5 Å². The third-order valence-electron chi connectivity index (χ3n) is 5.78. The summed E-state index contributed by atoms with van der Waals surface area (Å²) in [5, 5.41) is 30.4. The van der Waals surface area contributed by atoms with Crippen LogP contribution in [0.4, 0.5) is 11.5 Å². The second kappa shape index (κ2) is 11.7. The van der Waals surface area contributed by atoms with E-state index in [1.807, 2.05) is 0 Å². The van der Waals surface area contributed by atoms with E-state index in [1.165, 1.54) is 16.8 Å². The van der Waals surface area contributed by atoms with E-state index >= 15 is 0 Å². The molecule has 3 aromatic rings. The maximum absolute atomic E-state index is 13.0. The summed E-state index contributed by atoms with van der Waals surface area (Å²) in [5.74, 6) is -0.412. The summed E-state index contributed by atoms with van der Waals surface area (Å²) in [6, 6.07) is 5.85. The number of carbonyl (C=O) groups excluding carboxylic acids is 1. The maximum Gasteiger partial charge on any atom is 0.293 e. The molecule has 1 aliphatic rings. The molecule has 15 nitrogen and oxygen atoms in total. The largest absolute Gasteiger partial charge is 0.378 e. The minimum absolute atomic E-state index is 0. The standard InChI is InChI=1S/C20H25N11O4.ClH/c1-3-28-8-10-29(11-9-28)12-16-17(23-27-30(16)19-18(21)25-35-26-19)20(32)24-22-13(2)14-4-6-15(7-5-14)31(33)34;/h4-7H,3,8-12H2,1-2H3,(H2,21,25)(H,24,32);1H/b22-13+;. The van der Waals surface area contributed by atoms with E-state index in [0.717, 1.165) is 32.7 Å². The second-order valence-corrected chi connectivity index (χ2v) is 7.92. The highest BCUT2D eigenvalue weighted by Crippen LogP contribution is 2.19.